The molecule has 1 aliphatic rings. The van der Waals surface area contributed by atoms with Gasteiger partial charge in [-0.2, -0.15) is 0 Å². The lowest BCUT2D eigenvalue weighted by Crippen LogP contribution is -2.47. The van der Waals surface area contributed by atoms with Crippen LogP contribution in [0.2, 0.25) is 0 Å². The zero-order valence-electron chi connectivity index (χ0n) is 26.2. The second kappa shape index (κ2) is 14.7. The van der Waals surface area contributed by atoms with Gasteiger partial charge in [-0.05, 0) is 52.9 Å². The van der Waals surface area contributed by atoms with Gasteiger partial charge in [0.05, 0.1) is 17.3 Å². The molecule has 1 aromatic heterocycles. The zero-order valence-corrected chi connectivity index (χ0v) is 27.0. The quantitative estimate of drug-likeness (QED) is 0.0584. The number of fused-ring (bicyclic) bond motifs is 1. The van der Waals surface area contributed by atoms with Crippen molar-refractivity contribution in [2.45, 2.75) is 17.2 Å². The normalized spacial score (nSPS) is 15.3. The van der Waals surface area contributed by atoms with Crippen molar-refractivity contribution in [1.82, 2.24) is 9.88 Å². The third-order valence-electron chi connectivity index (χ3n) is 8.66. The molecule has 6 aromatic rings. The van der Waals surface area contributed by atoms with Crippen LogP contribution in [0.3, 0.4) is 0 Å². The molecule has 6 heteroatoms. The Bertz CT molecular complexity index is 1800. The molecule has 0 bridgehead atoms. The summed E-state index contributed by atoms with van der Waals surface area (Å²) in [6, 6.07) is 51.4. The third kappa shape index (κ3) is 6.94. The smallest absolute Gasteiger partial charge is 0.151 e. The molecular formula is C41H37N3O2S. The van der Waals surface area contributed by atoms with Crippen LogP contribution < -0.4 is 4.74 Å². The minimum absolute atomic E-state index is 0.361. The van der Waals surface area contributed by atoms with Crippen LogP contribution >= 0.6 is 11.8 Å². The Hall–Kier alpha value is -4.91. The van der Waals surface area contributed by atoms with Gasteiger partial charge in [0.15, 0.2) is 6.61 Å². The lowest BCUT2D eigenvalue weighted by atomic mass is 9.75. The molecule has 1 saturated heterocycles. The highest BCUT2D eigenvalue weighted by atomic mass is 32.2. The van der Waals surface area contributed by atoms with Crippen molar-refractivity contribution in [3.05, 3.63) is 180 Å². The van der Waals surface area contributed by atoms with Crippen LogP contribution in [-0.2, 0) is 16.8 Å². The van der Waals surface area contributed by atoms with Crippen LogP contribution in [0.15, 0.2) is 157 Å². The summed E-state index contributed by atoms with van der Waals surface area (Å²) >= 11 is 2.04. The van der Waals surface area contributed by atoms with Crippen LogP contribution in [0.5, 0.6) is 5.75 Å². The van der Waals surface area contributed by atoms with Gasteiger partial charge >= 0.3 is 0 Å². The highest BCUT2D eigenvalue weighted by Gasteiger charge is 2.45. The third-order valence-corrected chi connectivity index (χ3v) is 9.91. The fraction of sp³-hybridized carbons (Fsp3) is 0.171. The molecule has 234 valence electrons. The van der Waals surface area contributed by atoms with Gasteiger partial charge < -0.3 is 9.57 Å². The molecular weight excluding hydrogens is 599 g/mol. The van der Waals surface area contributed by atoms with Gasteiger partial charge in [0.25, 0.3) is 0 Å². The van der Waals surface area contributed by atoms with Crippen molar-refractivity contribution >= 4 is 28.9 Å². The Balaban J connectivity index is 0.968. The number of para-hydroxylation sites is 1. The summed E-state index contributed by atoms with van der Waals surface area (Å²) in [4.78, 5) is 12.5. The first-order valence-corrected chi connectivity index (χ1v) is 17.1. The summed E-state index contributed by atoms with van der Waals surface area (Å²) in [5.41, 5.74) is 6.68. The maximum Gasteiger partial charge on any atom is 0.151 e. The molecule has 0 radical (unpaired) electrons. The fourth-order valence-corrected chi connectivity index (χ4v) is 7.77. The van der Waals surface area contributed by atoms with Crippen molar-refractivity contribution in [2.75, 3.05) is 25.6 Å². The second-order valence-electron chi connectivity index (χ2n) is 11.7. The van der Waals surface area contributed by atoms with Crippen LogP contribution in [-0.4, -0.2) is 47.0 Å². The first-order valence-electron chi connectivity index (χ1n) is 16.0. The van der Waals surface area contributed by atoms with Crippen molar-refractivity contribution in [3.8, 4) is 5.75 Å². The Morgan fingerprint density at radius 2 is 1.36 bits per heavy atom. The van der Waals surface area contributed by atoms with E-state index in [1.165, 1.54) is 22.3 Å². The number of thioether (sulfide) groups is 1. The van der Waals surface area contributed by atoms with Gasteiger partial charge in [-0.3, -0.25) is 9.88 Å². The molecule has 1 fully saturated rings. The topological polar surface area (TPSA) is 47.0 Å². The number of benzene rings is 5. The standard InChI is InChI=1S/C41H37N3O2S/c1-4-13-35(14-5-1)41(36-15-6-2-7-16-36,37-17-8-3-9-18-37)44-30-39(47-31-44)27-32-20-22-38(23-21-32)45-24-25-46-43-29-33-26-34-12-10-11-19-40(34)42-28-33/h1-23,26,28-29,39H,24-25,27,30-31H2. The van der Waals surface area contributed by atoms with E-state index in [4.69, 9.17) is 9.57 Å². The van der Waals surface area contributed by atoms with Gasteiger partial charge in [0, 0.05) is 34.8 Å². The number of pyridine rings is 1. The van der Waals surface area contributed by atoms with E-state index in [1.54, 1.807) is 12.4 Å². The monoisotopic (exact) mass is 635 g/mol. The molecule has 2 heterocycles. The van der Waals surface area contributed by atoms with Crippen molar-refractivity contribution < 1.29 is 9.57 Å². The second-order valence-corrected chi connectivity index (χ2v) is 12.9. The molecule has 0 spiro atoms. The maximum atomic E-state index is 5.92. The number of aromatic nitrogens is 1. The highest BCUT2D eigenvalue weighted by Crippen LogP contribution is 2.46. The molecule has 1 atom stereocenters. The molecule has 5 nitrogen and oxygen atoms in total. The Morgan fingerprint density at radius 1 is 0.745 bits per heavy atom. The van der Waals surface area contributed by atoms with Gasteiger partial charge in [0.1, 0.15) is 12.4 Å². The predicted octanol–water partition coefficient (Wildman–Crippen LogP) is 8.57. The van der Waals surface area contributed by atoms with Crippen LogP contribution in [0.25, 0.3) is 10.9 Å². The first kappa shape index (κ1) is 30.7. The van der Waals surface area contributed by atoms with Crippen LogP contribution in [0.4, 0.5) is 0 Å². The lowest BCUT2D eigenvalue weighted by Gasteiger charge is -2.43. The van der Waals surface area contributed by atoms with Crippen LogP contribution in [0.1, 0.15) is 27.8 Å². The minimum Gasteiger partial charge on any atom is -0.490 e. The summed E-state index contributed by atoms with van der Waals surface area (Å²) < 4.78 is 5.92. The lowest BCUT2D eigenvalue weighted by molar-refractivity contribution is 0.108. The summed E-state index contributed by atoms with van der Waals surface area (Å²) in [6.07, 6.45) is 4.47. The molecule has 1 aliphatic heterocycles. The summed E-state index contributed by atoms with van der Waals surface area (Å²) in [6.45, 7) is 1.76. The zero-order chi connectivity index (χ0) is 31.7. The number of ether oxygens (including phenoxy) is 1. The van der Waals surface area contributed by atoms with Crippen molar-refractivity contribution in [1.29, 1.82) is 0 Å². The maximum absolute atomic E-state index is 5.92. The Morgan fingerprint density at radius 3 is 2.02 bits per heavy atom. The van der Waals surface area contributed by atoms with E-state index in [0.717, 1.165) is 41.1 Å². The number of hydrogen-bond donors (Lipinski definition) is 0. The van der Waals surface area contributed by atoms with Gasteiger partial charge in [-0.25, -0.2) is 0 Å². The number of hydrogen-bond acceptors (Lipinski definition) is 6. The highest BCUT2D eigenvalue weighted by molar-refractivity contribution is 8.00. The molecule has 7 rings (SSSR count). The number of oxime groups is 1. The molecule has 0 amide bonds. The fourth-order valence-electron chi connectivity index (χ4n) is 6.48. The molecule has 1 unspecified atom stereocenters. The predicted molar refractivity (Wildman–Crippen MR) is 193 cm³/mol. The van der Waals surface area contributed by atoms with E-state index in [1.807, 2.05) is 42.1 Å². The average Bonchev–Trinajstić information content (AvgIpc) is 3.60. The summed E-state index contributed by atoms with van der Waals surface area (Å²) in [7, 11) is 0. The molecule has 0 saturated carbocycles. The largest absolute Gasteiger partial charge is 0.490 e. The first-order chi connectivity index (χ1) is 23.3. The van der Waals surface area contributed by atoms with E-state index in [9.17, 15) is 0 Å². The number of nitrogens with zero attached hydrogens (tertiary/aromatic N) is 3. The summed E-state index contributed by atoms with van der Waals surface area (Å²) in [5.74, 6) is 1.78. The van der Waals surface area contributed by atoms with E-state index in [-0.39, 0.29) is 5.54 Å². The molecule has 5 aromatic carbocycles. The summed E-state index contributed by atoms with van der Waals surface area (Å²) in [5, 5.41) is 5.63. The van der Waals surface area contributed by atoms with Gasteiger partial charge in [-0.15, -0.1) is 11.8 Å². The molecule has 0 N–H and O–H groups in total. The van der Waals surface area contributed by atoms with E-state index in [2.05, 4.69) is 130 Å². The molecule has 47 heavy (non-hydrogen) atoms. The average molecular weight is 636 g/mol. The Labute approximate surface area is 280 Å². The van der Waals surface area contributed by atoms with Crippen molar-refractivity contribution in [2.24, 2.45) is 5.16 Å². The van der Waals surface area contributed by atoms with Gasteiger partial charge in [0.2, 0.25) is 0 Å². The molecule has 0 aliphatic carbocycles. The SMILES string of the molecule is C(=NOCCOc1ccc(CC2CN(C(c3ccccc3)(c3ccccc3)c3ccccc3)CS2)cc1)c1cnc2ccccc2c1. The van der Waals surface area contributed by atoms with E-state index >= 15 is 0 Å². The Kier molecular flexibility index (Phi) is 9.59. The van der Waals surface area contributed by atoms with Crippen LogP contribution in [0, 0.1) is 0 Å². The van der Waals surface area contributed by atoms with E-state index < -0.39 is 0 Å². The van der Waals surface area contributed by atoms with Crippen molar-refractivity contribution in [3.63, 3.8) is 0 Å². The minimum atomic E-state index is -0.373. The van der Waals surface area contributed by atoms with Gasteiger partial charge in [-0.1, -0.05) is 126 Å². The van der Waals surface area contributed by atoms with E-state index in [0.29, 0.717) is 18.5 Å². The number of rotatable bonds is 12.